The van der Waals surface area contributed by atoms with Crippen LogP contribution in [0, 0.1) is 11.8 Å². The molecule has 1 aliphatic rings. The molecule has 0 N–H and O–H groups in total. The van der Waals surface area contributed by atoms with Crippen LogP contribution in [0.2, 0.25) is 0 Å². The average molecular weight is 551 g/mol. The molecule has 0 unspecified atom stereocenters. The molecule has 2 aromatic carbocycles. The molecule has 0 heterocycles. The van der Waals surface area contributed by atoms with E-state index in [1.165, 1.54) is 70.6 Å². The van der Waals surface area contributed by atoms with Gasteiger partial charge in [0.1, 0.15) is 17.2 Å². The van der Waals surface area contributed by atoms with Crippen LogP contribution < -0.4 is 14.2 Å². The van der Waals surface area contributed by atoms with E-state index in [4.69, 9.17) is 14.2 Å². The lowest BCUT2D eigenvalue weighted by Crippen LogP contribution is -2.25. The van der Waals surface area contributed by atoms with E-state index in [0.29, 0.717) is 23.7 Å². The summed E-state index contributed by atoms with van der Waals surface area (Å²) in [5, 5.41) is 0. The van der Waals surface area contributed by atoms with Crippen molar-refractivity contribution in [2.75, 3.05) is 6.61 Å². The summed E-state index contributed by atoms with van der Waals surface area (Å²) in [4.78, 5) is 25.2. The molecule has 0 amide bonds. The summed E-state index contributed by atoms with van der Waals surface area (Å²) in [5.74, 6) is 1.80. The van der Waals surface area contributed by atoms with E-state index in [1.807, 2.05) is 12.1 Å². The predicted molar refractivity (Wildman–Crippen MR) is 161 cm³/mol. The third kappa shape index (κ3) is 11.7. The maximum atomic E-state index is 12.6. The zero-order chi connectivity index (χ0) is 28.4. The Bertz CT molecular complexity index is 974. The third-order valence-corrected chi connectivity index (χ3v) is 8.01. The molecule has 2 aromatic rings. The van der Waals surface area contributed by atoms with E-state index in [1.54, 1.807) is 36.4 Å². The van der Waals surface area contributed by atoms with Gasteiger partial charge in [0.25, 0.3) is 0 Å². The van der Waals surface area contributed by atoms with E-state index < -0.39 is 5.97 Å². The molecule has 1 saturated carbocycles. The monoisotopic (exact) mass is 550 g/mol. The highest BCUT2D eigenvalue weighted by atomic mass is 16.5. The Labute approximate surface area is 242 Å². The van der Waals surface area contributed by atoms with Crippen molar-refractivity contribution in [3.63, 3.8) is 0 Å². The van der Waals surface area contributed by atoms with Crippen LogP contribution in [0.4, 0.5) is 0 Å². The first kappa shape index (κ1) is 31.7. The minimum Gasteiger partial charge on any atom is -0.494 e. The van der Waals surface area contributed by atoms with E-state index >= 15 is 0 Å². The summed E-state index contributed by atoms with van der Waals surface area (Å²) in [6.45, 7) is 5.17. The zero-order valence-corrected chi connectivity index (χ0v) is 24.8. The van der Waals surface area contributed by atoms with Crippen LogP contribution in [0.15, 0.2) is 48.5 Å². The fraction of sp³-hybridized carbons (Fsp3) is 0.600. The molecule has 0 radical (unpaired) electrons. The highest BCUT2D eigenvalue weighted by Gasteiger charge is 2.27. The summed E-state index contributed by atoms with van der Waals surface area (Å²) in [5.41, 5.74) is 0.459. The molecular formula is C35H50O5. The molecule has 3 rings (SSSR count). The Morgan fingerprint density at radius 3 is 1.77 bits per heavy atom. The predicted octanol–water partition coefficient (Wildman–Crippen LogP) is 9.72. The van der Waals surface area contributed by atoms with Gasteiger partial charge in [0.15, 0.2) is 0 Å². The van der Waals surface area contributed by atoms with Gasteiger partial charge in [-0.05, 0) is 86.6 Å². The van der Waals surface area contributed by atoms with Crippen molar-refractivity contribution in [1.82, 2.24) is 0 Å². The van der Waals surface area contributed by atoms with Crippen molar-refractivity contribution in [3.8, 4) is 17.2 Å². The average Bonchev–Trinajstić information content (AvgIpc) is 2.98. The quantitative estimate of drug-likeness (QED) is 0.105. The van der Waals surface area contributed by atoms with Gasteiger partial charge < -0.3 is 14.2 Å². The molecule has 1 fully saturated rings. The summed E-state index contributed by atoms with van der Waals surface area (Å²) in [6.07, 6.45) is 19.3. The summed E-state index contributed by atoms with van der Waals surface area (Å²) >= 11 is 0. The molecule has 1 aliphatic carbocycles. The SMILES string of the molecule is CCCCCCCCCCOc1ccc(C(=O)Oc2ccc(OC(=O)C3CCC(CCCCC)CC3)cc2)cc1. The Morgan fingerprint density at radius 1 is 0.625 bits per heavy atom. The van der Waals surface area contributed by atoms with Gasteiger partial charge in [-0.15, -0.1) is 0 Å². The normalized spacial score (nSPS) is 16.9. The molecule has 5 heteroatoms. The number of carbonyl (C=O) groups is 2. The second-order valence-corrected chi connectivity index (χ2v) is 11.3. The first-order chi connectivity index (χ1) is 19.6. The Balaban J connectivity index is 1.33. The molecule has 0 aromatic heterocycles. The lowest BCUT2D eigenvalue weighted by atomic mass is 9.80. The highest BCUT2D eigenvalue weighted by molar-refractivity contribution is 5.91. The van der Waals surface area contributed by atoms with Crippen LogP contribution in [0.25, 0.3) is 0 Å². The summed E-state index contributed by atoms with van der Waals surface area (Å²) in [7, 11) is 0. The molecule has 5 nitrogen and oxygen atoms in total. The van der Waals surface area contributed by atoms with Gasteiger partial charge in [0.2, 0.25) is 0 Å². The van der Waals surface area contributed by atoms with Crippen molar-refractivity contribution >= 4 is 11.9 Å². The maximum Gasteiger partial charge on any atom is 0.343 e. The van der Waals surface area contributed by atoms with E-state index in [0.717, 1.165) is 43.8 Å². The van der Waals surface area contributed by atoms with Crippen LogP contribution in [-0.2, 0) is 4.79 Å². The first-order valence-electron chi connectivity index (χ1n) is 15.9. The van der Waals surface area contributed by atoms with Crippen molar-refractivity contribution in [1.29, 1.82) is 0 Å². The van der Waals surface area contributed by atoms with Gasteiger partial charge in [-0.2, -0.15) is 0 Å². The van der Waals surface area contributed by atoms with Crippen molar-refractivity contribution in [3.05, 3.63) is 54.1 Å². The van der Waals surface area contributed by atoms with E-state index in [-0.39, 0.29) is 11.9 Å². The van der Waals surface area contributed by atoms with Crippen LogP contribution in [0.5, 0.6) is 17.2 Å². The lowest BCUT2D eigenvalue weighted by Gasteiger charge is -2.27. The largest absolute Gasteiger partial charge is 0.494 e. The number of hydrogen-bond acceptors (Lipinski definition) is 5. The molecule has 40 heavy (non-hydrogen) atoms. The van der Waals surface area contributed by atoms with Crippen LogP contribution in [0.3, 0.4) is 0 Å². The number of ether oxygens (including phenoxy) is 3. The van der Waals surface area contributed by atoms with Gasteiger partial charge in [0.05, 0.1) is 18.1 Å². The molecular weight excluding hydrogens is 500 g/mol. The van der Waals surface area contributed by atoms with Crippen LogP contribution in [0.1, 0.15) is 127 Å². The molecule has 0 bridgehead atoms. The standard InChI is InChI=1S/C35H50O5/c1-3-5-7-8-9-10-11-13-27-38-31-21-19-30(20-22-31)35(37)40-33-25-23-32(24-26-33)39-34(36)29-17-15-28(16-18-29)14-12-6-4-2/h19-26,28-29H,3-18,27H2,1-2H3. The van der Waals surface area contributed by atoms with Gasteiger partial charge in [-0.25, -0.2) is 4.79 Å². The van der Waals surface area contributed by atoms with Crippen molar-refractivity contribution < 1.29 is 23.8 Å². The number of rotatable bonds is 18. The smallest absolute Gasteiger partial charge is 0.343 e. The number of hydrogen-bond donors (Lipinski definition) is 0. The molecule has 0 atom stereocenters. The van der Waals surface area contributed by atoms with E-state index in [2.05, 4.69) is 13.8 Å². The van der Waals surface area contributed by atoms with Gasteiger partial charge in [-0.1, -0.05) is 84.5 Å². The molecule has 0 aliphatic heterocycles. The number of carbonyl (C=O) groups excluding carboxylic acids is 2. The summed E-state index contributed by atoms with van der Waals surface area (Å²) < 4.78 is 17.0. The fourth-order valence-electron chi connectivity index (χ4n) is 5.42. The molecule has 220 valence electrons. The van der Waals surface area contributed by atoms with Crippen molar-refractivity contribution in [2.24, 2.45) is 11.8 Å². The number of unbranched alkanes of at least 4 members (excludes halogenated alkanes) is 9. The minimum absolute atomic E-state index is 0.0211. The Hall–Kier alpha value is -2.82. The third-order valence-electron chi connectivity index (χ3n) is 8.01. The Kier molecular flexibility index (Phi) is 14.7. The van der Waals surface area contributed by atoms with Gasteiger partial charge in [-0.3, -0.25) is 4.79 Å². The first-order valence-corrected chi connectivity index (χ1v) is 15.9. The zero-order valence-electron chi connectivity index (χ0n) is 24.8. The Morgan fingerprint density at radius 2 is 1.15 bits per heavy atom. The topological polar surface area (TPSA) is 61.8 Å². The second kappa shape index (κ2) is 18.5. The van der Waals surface area contributed by atoms with Gasteiger partial charge >= 0.3 is 11.9 Å². The molecule has 0 saturated heterocycles. The lowest BCUT2D eigenvalue weighted by molar-refractivity contribution is -0.140. The number of esters is 2. The van der Waals surface area contributed by atoms with E-state index in [9.17, 15) is 9.59 Å². The number of benzene rings is 2. The molecule has 0 spiro atoms. The fourth-order valence-corrected chi connectivity index (χ4v) is 5.42. The van der Waals surface area contributed by atoms with Crippen LogP contribution >= 0.6 is 0 Å². The minimum atomic E-state index is -0.435. The summed E-state index contributed by atoms with van der Waals surface area (Å²) in [6, 6.07) is 13.7. The van der Waals surface area contributed by atoms with Crippen molar-refractivity contribution in [2.45, 2.75) is 117 Å². The second-order valence-electron chi connectivity index (χ2n) is 11.3. The highest BCUT2D eigenvalue weighted by Crippen LogP contribution is 2.33. The van der Waals surface area contributed by atoms with Gasteiger partial charge in [0, 0.05) is 0 Å². The maximum absolute atomic E-state index is 12.6. The van der Waals surface area contributed by atoms with Crippen LogP contribution in [-0.4, -0.2) is 18.5 Å².